The van der Waals surface area contributed by atoms with Crippen LogP contribution >= 0.6 is 0 Å². The van der Waals surface area contributed by atoms with Crippen LogP contribution in [0.2, 0.25) is 0 Å². The summed E-state index contributed by atoms with van der Waals surface area (Å²) < 4.78 is 61.3. The number of ether oxygens (including phenoxy) is 1. The molecule has 1 saturated heterocycles. The Kier molecular flexibility index (Phi) is 6.56. The lowest BCUT2D eigenvalue weighted by molar-refractivity contribution is 0.0600. The molecular weight excluding hydrogens is 444 g/mol. The molecule has 0 amide bonds. The SMILES string of the molecule is COC(=O)c1ccc(S(=O)(=O)N2CCCN(S(=O)(=O)c3c(C)nn(C)c3C)CC2)cc1. The van der Waals surface area contributed by atoms with E-state index in [0.717, 1.165) is 0 Å². The maximum atomic E-state index is 13.2. The first-order chi connectivity index (χ1) is 14.5. The second-order valence-corrected chi connectivity index (χ2v) is 11.1. The topological polar surface area (TPSA) is 119 Å². The number of hydrogen-bond donors (Lipinski definition) is 0. The van der Waals surface area contributed by atoms with Crippen LogP contribution in [0.25, 0.3) is 0 Å². The molecular formula is C19H26N4O6S2. The van der Waals surface area contributed by atoms with Crippen LogP contribution in [0.5, 0.6) is 0 Å². The number of carbonyl (C=O) groups excluding carboxylic acids is 1. The van der Waals surface area contributed by atoms with E-state index < -0.39 is 26.0 Å². The van der Waals surface area contributed by atoms with Crippen LogP contribution in [0.4, 0.5) is 0 Å². The number of methoxy groups -OCH3 is 1. The van der Waals surface area contributed by atoms with Gasteiger partial charge in [0.15, 0.2) is 0 Å². The van der Waals surface area contributed by atoms with Gasteiger partial charge in [-0.2, -0.15) is 13.7 Å². The summed E-state index contributed by atoms with van der Waals surface area (Å²) in [5.74, 6) is -0.555. The monoisotopic (exact) mass is 470 g/mol. The Morgan fingerprint density at radius 1 is 0.935 bits per heavy atom. The molecule has 0 N–H and O–H groups in total. The molecule has 0 spiro atoms. The van der Waals surface area contributed by atoms with Crippen molar-refractivity contribution in [2.75, 3.05) is 33.3 Å². The lowest BCUT2D eigenvalue weighted by atomic mass is 10.2. The van der Waals surface area contributed by atoms with Gasteiger partial charge in [0.05, 0.1) is 29.0 Å². The number of nitrogens with zero attached hydrogens (tertiary/aromatic N) is 4. The fourth-order valence-electron chi connectivity index (χ4n) is 3.64. The Bertz CT molecular complexity index is 1190. The number of benzene rings is 1. The maximum Gasteiger partial charge on any atom is 0.337 e. The minimum absolute atomic E-state index is 0.0265. The molecule has 10 nitrogen and oxygen atoms in total. The molecule has 0 bridgehead atoms. The smallest absolute Gasteiger partial charge is 0.337 e. The van der Waals surface area contributed by atoms with Crippen LogP contribution in [-0.4, -0.2) is 74.5 Å². The molecule has 12 heteroatoms. The molecule has 0 saturated carbocycles. The normalized spacial score (nSPS) is 16.8. The summed E-state index contributed by atoms with van der Waals surface area (Å²) in [5, 5.41) is 4.19. The summed E-state index contributed by atoms with van der Waals surface area (Å²) in [5.41, 5.74) is 1.20. The minimum atomic E-state index is -3.84. The first kappa shape index (κ1) is 23.4. The molecule has 0 radical (unpaired) electrons. The summed E-state index contributed by atoms with van der Waals surface area (Å²) in [6.45, 7) is 3.81. The van der Waals surface area contributed by atoms with Crippen LogP contribution in [0.3, 0.4) is 0 Å². The molecule has 31 heavy (non-hydrogen) atoms. The highest BCUT2D eigenvalue weighted by atomic mass is 32.2. The van der Waals surface area contributed by atoms with E-state index in [1.807, 2.05) is 0 Å². The Hall–Kier alpha value is -2.28. The molecule has 1 aliphatic heterocycles. The quantitative estimate of drug-likeness (QED) is 0.596. The number of rotatable bonds is 5. The zero-order valence-corrected chi connectivity index (χ0v) is 19.5. The number of carbonyl (C=O) groups is 1. The standard InChI is InChI=1S/C19H26N4O6S2/c1-14-18(15(2)21(3)20-14)31(27,28)23-11-5-10-22(12-13-23)30(25,26)17-8-6-16(7-9-17)19(24)29-4/h6-9H,5,10-13H2,1-4H3. The summed E-state index contributed by atoms with van der Waals surface area (Å²) >= 11 is 0. The molecule has 170 valence electrons. The van der Waals surface area contributed by atoms with Gasteiger partial charge in [-0.15, -0.1) is 0 Å². The number of aromatic nitrogens is 2. The van der Waals surface area contributed by atoms with Crippen molar-refractivity contribution in [2.24, 2.45) is 7.05 Å². The average Bonchev–Trinajstić information content (AvgIpc) is 2.91. The minimum Gasteiger partial charge on any atom is -0.465 e. The predicted molar refractivity (Wildman–Crippen MR) is 113 cm³/mol. The van der Waals surface area contributed by atoms with Crippen molar-refractivity contribution in [1.29, 1.82) is 0 Å². The lowest BCUT2D eigenvalue weighted by Crippen LogP contribution is -2.37. The van der Waals surface area contributed by atoms with Crippen LogP contribution < -0.4 is 0 Å². The summed E-state index contributed by atoms with van der Waals surface area (Å²) in [7, 11) is -4.70. The predicted octanol–water partition coefficient (Wildman–Crippen LogP) is 0.909. The van der Waals surface area contributed by atoms with Gasteiger partial charge in [-0.05, 0) is 44.5 Å². The Morgan fingerprint density at radius 2 is 1.48 bits per heavy atom. The largest absolute Gasteiger partial charge is 0.465 e. The van der Waals surface area contributed by atoms with Crippen molar-refractivity contribution in [3.8, 4) is 0 Å². The highest BCUT2D eigenvalue weighted by molar-refractivity contribution is 7.89. The summed E-state index contributed by atoms with van der Waals surface area (Å²) in [4.78, 5) is 11.8. The van der Waals surface area contributed by atoms with Crippen molar-refractivity contribution >= 4 is 26.0 Å². The first-order valence-corrected chi connectivity index (χ1v) is 12.6. The Labute approximate surface area is 182 Å². The van der Waals surface area contributed by atoms with Gasteiger partial charge in [-0.3, -0.25) is 4.68 Å². The van der Waals surface area contributed by atoms with Gasteiger partial charge >= 0.3 is 5.97 Å². The van der Waals surface area contributed by atoms with Crippen LogP contribution in [0.1, 0.15) is 28.2 Å². The molecule has 1 aromatic carbocycles. The first-order valence-electron chi connectivity index (χ1n) is 9.69. The van der Waals surface area contributed by atoms with E-state index in [1.165, 1.54) is 44.7 Å². The molecule has 1 aromatic heterocycles. The van der Waals surface area contributed by atoms with Gasteiger partial charge < -0.3 is 4.74 Å². The third kappa shape index (κ3) is 4.38. The second kappa shape index (κ2) is 8.69. The van der Waals surface area contributed by atoms with E-state index in [0.29, 0.717) is 17.8 Å². The molecule has 3 rings (SSSR count). The molecule has 1 aliphatic rings. The fraction of sp³-hybridized carbons (Fsp3) is 0.474. The van der Waals surface area contributed by atoms with E-state index in [4.69, 9.17) is 0 Å². The second-order valence-electron chi connectivity index (χ2n) is 7.30. The lowest BCUT2D eigenvalue weighted by Gasteiger charge is -2.22. The van der Waals surface area contributed by atoms with E-state index >= 15 is 0 Å². The number of hydrogen-bond acceptors (Lipinski definition) is 7. The van der Waals surface area contributed by atoms with E-state index in [1.54, 1.807) is 20.9 Å². The van der Waals surface area contributed by atoms with Crippen LogP contribution in [0.15, 0.2) is 34.1 Å². The van der Waals surface area contributed by atoms with Gasteiger partial charge in [0.2, 0.25) is 20.0 Å². The highest BCUT2D eigenvalue weighted by Gasteiger charge is 2.34. The summed E-state index contributed by atoms with van der Waals surface area (Å²) in [6.07, 6.45) is 0.358. The van der Waals surface area contributed by atoms with E-state index in [-0.39, 0.29) is 41.5 Å². The molecule has 2 heterocycles. The highest BCUT2D eigenvalue weighted by Crippen LogP contribution is 2.25. The van der Waals surface area contributed by atoms with Crippen molar-refractivity contribution in [3.05, 3.63) is 41.2 Å². The average molecular weight is 471 g/mol. The molecule has 2 aromatic rings. The van der Waals surface area contributed by atoms with E-state index in [9.17, 15) is 21.6 Å². The van der Waals surface area contributed by atoms with Crippen molar-refractivity contribution in [3.63, 3.8) is 0 Å². The Morgan fingerprint density at radius 3 is 1.97 bits per heavy atom. The van der Waals surface area contributed by atoms with Crippen molar-refractivity contribution in [1.82, 2.24) is 18.4 Å². The van der Waals surface area contributed by atoms with Gasteiger partial charge in [0.25, 0.3) is 0 Å². The fourth-order valence-corrected chi connectivity index (χ4v) is 6.98. The van der Waals surface area contributed by atoms with Crippen molar-refractivity contribution in [2.45, 2.75) is 30.1 Å². The molecule has 0 unspecified atom stereocenters. The summed E-state index contributed by atoms with van der Waals surface area (Å²) in [6, 6.07) is 5.48. The third-order valence-corrected chi connectivity index (χ3v) is 9.43. The van der Waals surface area contributed by atoms with Crippen LogP contribution in [0, 0.1) is 13.8 Å². The molecule has 0 atom stereocenters. The van der Waals surface area contributed by atoms with Gasteiger partial charge in [-0.25, -0.2) is 21.6 Å². The zero-order chi connectivity index (χ0) is 23.0. The van der Waals surface area contributed by atoms with Gasteiger partial charge in [0, 0.05) is 33.2 Å². The van der Waals surface area contributed by atoms with Crippen molar-refractivity contribution < 1.29 is 26.4 Å². The molecule has 1 fully saturated rings. The number of esters is 1. The van der Waals surface area contributed by atoms with Crippen LogP contribution in [-0.2, 0) is 31.8 Å². The van der Waals surface area contributed by atoms with E-state index in [2.05, 4.69) is 9.84 Å². The van der Waals surface area contributed by atoms with Gasteiger partial charge in [-0.1, -0.05) is 0 Å². The number of sulfonamides is 2. The maximum absolute atomic E-state index is 13.2. The van der Waals surface area contributed by atoms with Gasteiger partial charge in [0.1, 0.15) is 4.90 Å². The zero-order valence-electron chi connectivity index (χ0n) is 17.9. The Balaban J connectivity index is 1.81. The third-order valence-electron chi connectivity index (χ3n) is 5.37. The molecule has 0 aliphatic carbocycles. The number of aryl methyl sites for hydroxylation is 2.